The average molecular weight is 362 g/mol. The first kappa shape index (κ1) is 16.5. The van der Waals surface area contributed by atoms with Crippen molar-refractivity contribution < 1.29 is 8.42 Å². The molecule has 0 spiro atoms. The lowest BCUT2D eigenvalue weighted by molar-refractivity contribution is 0.447. The maximum atomic E-state index is 12.2. The smallest absolute Gasteiger partial charge is 0.225 e. The molecule has 134 valence electrons. The summed E-state index contributed by atoms with van der Waals surface area (Å²) in [6.07, 6.45) is 7.36. The van der Waals surface area contributed by atoms with Crippen molar-refractivity contribution in [2.24, 2.45) is 0 Å². The summed E-state index contributed by atoms with van der Waals surface area (Å²) in [5, 5.41) is 10.4. The summed E-state index contributed by atoms with van der Waals surface area (Å²) in [5.41, 5.74) is 2.95. The van der Waals surface area contributed by atoms with Gasteiger partial charge in [0.1, 0.15) is 4.90 Å². The van der Waals surface area contributed by atoms with Crippen molar-refractivity contribution in [3.05, 3.63) is 29.3 Å². The van der Waals surface area contributed by atoms with Gasteiger partial charge in [-0.2, -0.15) is 5.10 Å². The van der Waals surface area contributed by atoms with Gasteiger partial charge in [-0.1, -0.05) is 0 Å². The minimum absolute atomic E-state index is 0.106. The van der Waals surface area contributed by atoms with Crippen LogP contribution in [0.15, 0.2) is 17.3 Å². The second-order valence-electron chi connectivity index (χ2n) is 6.78. The first-order valence-corrected chi connectivity index (χ1v) is 10.5. The summed E-state index contributed by atoms with van der Waals surface area (Å²) in [4.78, 5) is 11.4. The molecular weight excluding hydrogens is 340 g/mol. The fourth-order valence-electron chi connectivity index (χ4n) is 3.58. The summed E-state index contributed by atoms with van der Waals surface area (Å²) in [6, 6.07) is 0. The summed E-state index contributed by atoms with van der Waals surface area (Å²) >= 11 is 0. The summed E-state index contributed by atoms with van der Waals surface area (Å²) in [5.74, 6) is 0.703. The molecule has 1 atom stereocenters. The topological polar surface area (TPSA) is 104 Å². The number of H-pyrrole nitrogens is 1. The molecule has 0 aromatic carbocycles. The van der Waals surface area contributed by atoms with E-state index < -0.39 is 9.84 Å². The van der Waals surface area contributed by atoms with Gasteiger partial charge in [-0.15, -0.1) is 0 Å². The molecule has 8 nitrogen and oxygen atoms in total. The third-order valence-electron chi connectivity index (χ3n) is 4.94. The molecule has 0 bridgehead atoms. The van der Waals surface area contributed by atoms with Crippen LogP contribution in [0.25, 0.3) is 0 Å². The van der Waals surface area contributed by atoms with Gasteiger partial charge < -0.3 is 10.2 Å². The summed E-state index contributed by atoms with van der Waals surface area (Å²) < 4.78 is 24.4. The molecule has 0 amide bonds. The van der Waals surface area contributed by atoms with Gasteiger partial charge >= 0.3 is 0 Å². The lowest BCUT2D eigenvalue weighted by Gasteiger charge is -2.29. The van der Waals surface area contributed by atoms with E-state index >= 15 is 0 Å². The maximum absolute atomic E-state index is 12.2. The van der Waals surface area contributed by atoms with Gasteiger partial charge in [0, 0.05) is 49.5 Å². The number of fused-ring (bicyclic) bond motifs is 1. The Kier molecular flexibility index (Phi) is 4.20. The minimum Gasteiger partial charge on any atom is -0.336 e. The Morgan fingerprint density at radius 1 is 1.32 bits per heavy atom. The van der Waals surface area contributed by atoms with Crippen LogP contribution in [0, 0.1) is 0 Å². The molecule has 2 aromatic heterocycles. The second-order valence-corrected chi connectivity index (χ2v) is 8.76. The number of hydrogen-bond donors (Lipinski definition) is 2. The van der Waals surface area contributed by atoms with Crippen LogP contribution in [-0.4, -0.2) is 54.5 Å². The van der Waals surface area contributed by atoms with Gasteiger partial charge in [0.05, 0.1) is 18.1 Å². The van der Waals surface area contributed by atoms with E-state index in [1.54, 1.807) is 0 Å². The van der Waals surface area contributed by atoms with Gasteiger partial charge in [-0.3, -0.25) is 5.10 Å². The number of rotatable bonds is 3. The SMILES string of the molecule is CS(=O)(=O)c1cnc(N2CCc3[nH]ncc3C2)nc1[C@@H]1CCCNC1. The molecule has 4 heterocycles. The lowest BCUT2D eigenvalue weighted by Crippen LogP contribution is -2.33. The molecule has 2 aliphatic rings. The number of sulfone groups is 1. The summed E-state index contributed by atoms with van der Waals surface area (Å²) in [6.45, 7) is 3.20. The van der Waals surface area contributed by atoms with Crippen molar-refractivity contribution in [1.29, 1.82) is 0 Å². The molecular formula is C16H22N6O2S. The van der Waals surface area contributed by atoms with E-state index in [1.165, 1.54) is 12.5 Å². The van der Waals surface area contributed by atoms with Crippen LogP contribution in [0.2, 0.25) is 0 Å². The highest BCUT2D eigenvalue weighted by molar-refractivity contribution is 7.90. The molecule has 0 unspecified atom stereocenters. The zero-order valence-corrected chi connectivity index (χ0v) is 15.0. The van der Waals surface area contributed by atoms with Gasteiger partial charge in [0.25, 0.3) is 0 Å². The van der Waals surface area contributed by atoms with Gasteiger partial charge in [0.2, 0.25) is 5.95 Å². The Morgan fingerprint density at radius 2 is 2.20 bits per heavy atom. The molecule has 4 rings (SSSR count). The van der Waals surface area contributed by atoms with Crippen LogP contribution in [0.1, 0.15) is 35.7 Å². The van der Waals surface area contributed by atoms with Gasteiger partial charge in [-0.05, 0) is 19.4 Å². The monoisotopic (exact) mass is 362 g/mol. The largest absolute Gasteiger partial charge is 0.336 e. The van der Waals surface area contributed by atoms with E-state index in [2.05, 4.69) is 25.4 Å². The number of anilines is 1. The van der Waals surface area contributed by atoms with Crippen LogP contribution in [0.3, 0.4) is 0 Å². The standard InChI is InChI=1S/C16H22N6O2S/c1-25(23,24)14-9-18-16(20-15(14)11-3-2-5-17-7-11)22-6-4-13-12(10-22)8-19-21-13/h8-9,11,17H,2-7,10H2,1H3,(H,19,21)/t11-/m1/s1. The Balaban J connectivity index is 1.70. The van der Waals surface area contributed by atoms with E-state index in [-0.39, 0.29) is 10.8 Å². The zero-order chi connectivity index (χ0) is 17.4. The summed E-state index contributed by atoms with van der Waals surface area (Å²) in [7, 11) is -3.36. The van der Waals surface area contributed by atoms with Crippen molar-refractivity contribution in [2.75, 3.05) is 30.8 Å². The Bertz CT molecular complexity index is 873. The van der Waals surface area contributed by atoms with Crippen LogP contribution < -0.4 is 10.2 Å². The quantitative estimate of drug-likeness (QED) is 0.825. The van der Waals surface area contributed by atoms with E-state index in [9.17, 15) is 8.42 Å². The van der Waals surface area contributed by atoms with Gasteiger partial charge in [-0.25, -0.2) is 18.4 Å². The van der Waals surface area contributed by atoms with Crippen LogP contribution in [-0.2, 0) is 22.8 Å². The average Bonchev–Trinajstić information content (AvgIpc) is 3.09. The van der Waals surface area contributed by atoms with Crippen LogP contribution in [0.4, 0.5) is 5.95 Å². The molecule has 2 aromatic rings. The number of hydrogen-bond acceptors (Lipinski definition) is 7. The molecule has 2 aliphatic heterocycles. The molecule has 25 heavy (non-hydrogen) atoms. The van der Waals surface area contributed by atoms with Crippen molar-refractivity contribution in [2.45, 2.75) is 36.6 Å². The Morgan fingerprint density at radius 3 is 2.96 bits per heavy atom. The van der Waals surface area contributed by atoms with E-state index in [0.29, 0.717) is 18.2 Å². The first-order chi connectivity index (χ1) is 12.0. The molecule has 1 saturated heterocycles. The highest BCUT2D eigenvalue weighted by Gasteiger charge is 2.27. The normalized spacial score (nSPS) is 21.2. The molecule has 9 heteroatoms. The zero-order valence-electron chi connectivity index (χ0n) is 14.2. The molecule has 0 saturated carbocycles. The molecule has 1 fully saturated rings. The number of aromatic nitrogens is 4. The fourth-order valence-corrected chi connectivity index (χ4v) is 4.42. The predicted octanol–water partition coefficient (Wildman–Crippen LogP) is 0.633. The highest BCUT2D eigenvalue weighted by atomic mass is 32.2. The maximum Gasteiger partial charge on any atom is 0.225 e. The number of aromatic amines is 1. The highest BCUT2D eigenvalue weighted by Crippen LogP contribution is 2.29. The van der Waals surface area contributed by atoms with Crippen molar-refractivity contribution in [1.82, 2.24) is 25.5 Å². The molecule has 2 N–H and O–H groups in total. The number of piperidine rings is 1. The van der Waals surface area contributed by atoms with E-state index in [1.807, 2.05) is 6.20 Å². The molecule has 0 aliphatic carbocycles. The number of nitrogens with one attached hydrogen (secondary N) is 2. The van der Waals surface area contributed by atoms with Crippen LogP contribution >= 0.6 is 0 Å². The Labute approximate surface area is 147 Å². The fraction of sp³-hybridized carbons (Fsp3) is 0.562. The third kappa shape index (κ3) is 3.25. The predicted molar refractivity (Wildman–Crippen MR) is 93.3 cm³/mol. The van der Waals surface area contributed by atoms with Crippen LogP contribution in [0.5, 0.6) is 0 Å². The first-order valence-electron chi connectivity index (χ1n) is 8.56. The minimum atomic E-state index is -3.36. The van der Waals surface area contributed by atoms with Crippen molar-refractivity contribution in [3.63, 3.8) is 0 Å². The third-order valence-corrected chi connectivity index (χ3v) is 6.05. The van der Waals surface area contributed by atoms with Gasteiger partial charge in [0.15, 0.2) is 9.84 Å². The van der Waals surface area contributed by atoms with E-state index in [4.69, 9.17) is 4.98 Å². The molecule has 0 radical (unpaired) electrons. The number of nitrogens with zero attached hydrogens (tertiary/aromatic N) is 4. The lowest BCUT2D eigenvalue weighted by atomic mass is 9.96. The Hall–Kier alpha value is -2.00. The van der Waals surface area contributed by atoms with Crippen molar-refractivity contribution >= 4 is 15.8 Å². The van der Waals surface area contributed by atoms with Crippen molar-refractivity contribution in [3.8, 4) is 0 Å². The second kappa shape index (κ2) is 6.38. The van der Waals surface area contributed by atoms with E-state index in [0.717, 1.165) is 50.2 Å².